The zero-order valence-corrected chi connectivity index (χ0v) is 14.6. The van der Waals surface area contributed by atoms with Crippen molar-refractivity contribution in [2.75, 3.05) is 0 Å². The molecular weight excluding hydrogens is 336 g/mol. The number of phenols is 3. The summed E-state index contributed by atoms with van der Waals surface area (Å²) < 4.78 is 5.77. The van der Waals surface area contributed by atoms with Crippen LogP contribution in [0.3, 0.4) is 0 Å². The zero-order valence-electron chi connectivity index (χ0n) is 14.6. The molecule has 0 saturated heterocycles. The highest BCUT2D eigenvalue weighted by atomic mass is 16.5. The second-order valence-corrected chi connectivity index (χ2v) is 6.78. The molecular formula is C20H22O6. The second kappa shape index (κ2) is 6.88. The maximum atomic E-state index is 12.4. The van der Waals surface area contributed by atoms with Gasteiger partial charge in [0.1, 0.15) is 28.6 Å². The van der Waals surface area contributed by atoms with E-state index in [-0.39, 0.29) is 35.3 Å². The van der Waals surface area contributed by atoms with Gasteiger partial charge in [0.2, 0.25) is 0 Å². The van der Waals surface area contributed by atoms with Crippen LogP contribution in [-0.2, 0) is 0 Å². The number of fused-ring (bicyclic) bond motifs is 1. The van der Waals surface area contributed by atoms with Gasteiger partial charge in [-0.05, 0) is 38.5 Å². The molecule has 2 aromatic carbocycles. The number of ether oxygens (including phenoxy) is 1. The van der Waals surface area contributed by atoms with Crippen molar-refractivity contribution in [3.05, 3.63) is 47.0 Å². The largest absolute Gasteiger partial charge is 0.508 e. The maximum Gasteiger partial charge on any atom is 0.172 e. The number of aliphatic hydroxyl groups excluding tert-OH is 1. The first-order chi connectivity index (χ1) is 12.3. The Morgan fingerprint density at radius 3 is 2.62 bits per heavy atom. The van der Waals surface area contributed by atoms with E-state index < -0.39 is 17.8 Å². The molecule has 1 heterocycles. The molecule has 26 heavy (non-hydrogen) atoms. The number of aromatic hydroxyl groups is 3. The summed E-state index contributed by atoms with van der Waals surface area (Å²) in [5.74, 6) is -1.04. The number of benzene rings is 2. The Hall–Kier alpha value is -2.73. The van der Waals surface area contributed by atoms with E-state index in [1.807, 2.05) is 6.92 Å². The molecule has 1 aliphatic rings. The third kappa shape index (κ3) is 3.20. The van der Waals surface area contributed by atoms with Crippen molar-refractivity contribution in [3.8, 4) is 23.0 Å². The number of phenolic OH excluding ortho intramolecular Hbond substituents is 3. The fraction of sp³-hybridized carbons (Fsp3) is 0.350. The van der Waals surface area contributed by atoms with Crippen LogP contribution in [-0.4, -0.2) is 38.4 Å². The van der Waals surface area contributed by atoms with Gasteiger partial charge in [0.15, 0.2) is 5.78 Å². The predicted molar refractivity (Wildman–Crippen MR) is 95.1 cm³/mol. The summed E-state index contributed by atoms with van der Waals surface area (Å²) >= 11 is 0. The van der Waals surface area contributed by atoms with Crippen LogP contribution in [0.25, 0.3) is 0 Å². The first kappa shape index (κ1) is 18.1. The fourth-order valence-corrected chi connectivity index (χ4v) is 3.51. The molecule has 6 heteroatoms. The minimum absolute atomic E-state index is 0.0451. The van der Waals surface area contributed by atoms with E-state index in [9.17, 15) is 25.2 Å². The first-order valence-corrected chi connectivity index (χ1v) is 8.54. The normalized spacial score (nSPS) is 20.1. The molecule has 1 aliphatic heterocycles. The van der Waals surface area contributed by atoms with Crippen LogP contribution < -0.4 is 4.74 Å². The third-order valence-electron chi connectivity index (χ3n) is 4.61. The van der Waals surface area contributed by atoms with Crippen LogP contribution in [0.1, 0.15) is 54.1 Å². The third-order valence-corrected chi connectivity index (χ3v) is 4.61. The van der Waals surface area contributed by atoms with E-state index in [0.717, 1.165) is 0 Å². The molecule has 138 valence electrons. The highest BCUT2D eigenvalue weighted by Gasteiger charge is 2.33. The Balaban J connectivity index is 2.13. The summed E-state index contributed by atoms with van der Waals surface area (Å²) in [4.78, 5) is 12.4. The lowest BCUT2D eigenvalue weighted by molar-refractivity contribution is 0.0896. The molecule has 0 bridgehead atoms. The molecule has 3 atom stereocenters. The van der Waals surface area contributed by atoms with Gasteiger partial charge in [0, 0.05) is 23.5 Å². The molecule has 0 aromatic heterocycles. The molecule has 2 aromatic rings. The summed E-state index contributed by atoms with van der Waals surface area (Å²) in [6.45, 7) is 3.35. The zero-order chi connectivity index (χ0) is 19.0. The Labute approximate surface area is 151 Å². The fourth-order valence-electron chi connectivity index (χ4n) is 3.51. The van der Waals surface area contributed by atoms with Gasteiger partial charge in [-0.3, -0.25) is 4.79 Å². The van der Waals surface area contributed by atoms with Gasteiger partial charge < -0.3 is 25.2 Å². The number of ketones is 1. The Morgan fingerprint density at radius 1 is 1.19 bits per heavy atom. The molecule has 0 spiro atoms. The lowest BCUT2D eigenvalue weighted by atomic mass is 9.82. The van der Waals surface area contributed by atoms with E-state index in [4.69, 9.17) is 4.74 Å². The molecule has 0 aliphatic carbocycles. The monoisotopic (exact) mass is 358 g/mol. The summed E-state index contributed by atoms with van der Waals surface area (Å²) in [6, 6.07) is 7.86. The van der Waals surface area contributed by atoms with Crippen molar-refractivity contribution < 1.29 is 30.0 Å². The molecule has 3 rings (SSSR count). The number of aliphatic hydroxyl groups is 1. The van der Waals surface area contributed by atoms with Crippen LogP contribution in [0.5, 0.6) is 23.0 Å². The van der Waals surface area contributed by atoms with Crippen LogP contribution in [0.2, 0.25) is 0 Å². The summed E-state index contributed by atoms with van der Waals surface area (Å²) in [7, 11) is 0. The summed E-state index contributed by atoms with van der Waals surface area (Å²) in [5, 5.41) is 40.5. The average Bonchev–Trinajstić information content (AvgIpc) is 2.53. The summed E-state index contributed by atoms with van der Waals surface area (Å²) in [6.07, 6.45) is -0.763. The van der Waals surface area contributed by atoms with E-state index in [2.05, 4.69) is 0 Å². The van der Waals surface area contributed by atoms with Crippen molar-refractivity contribution in [3.63, 3.8) is 0 Å². The van der Waals surface area contributed by atoms with Gasteiger partial charge in [-0.25, -0.2) is 0 Å². The van der Waals surface area contributed by atoms with Crippen LogP contribution in [0.15, 0.2) is 30.3 Å². The lowest BCUT2D eigenvalue weighted by Gasteiger charge is -2.32. The van der Waals surface area contributed by atoms with Crippen LogP contribution in [0.4, 0.5) is 0 Å². The predicted octanol–water partition coefficient (Wildman–Crippen LogP) is 3.06. The van der Waals surface area contributed by atoms with Crippen LogP contribution in [0, 0.1) is 0 Å². The van der Waals surface area contributed by atoms with Crippen molar-refractivity contribution in [2.45, 2.75) is 44.8 Å². The molecule has 4 N–H and O–H groups in total. The molecule has 0 radical (unpaired) electrons. The Morgan fingerprint density at radius 2 is 1.92 bits per heavy atom. The number of hydrogen-bond acceptors (Lipinski definition) is 6. The standard InChI is InChI=1S/C20H22O6/c1-10(21)8-16(24)19-15(23)7-6-12(20(19)25)13-9-11(2)26-17-5-3-4-14(22)18(13)17/h3-7,10-11,13,21-23,25H,8-9H2,1-2H3/t10?,11-,13+/m0/s1. The molecule has 0 amide bonds. The van der Waals surface area contributed by atoms with Crippen molar-refractivity contribution in [1.29, 1.82) is 0 Å². The number of carbonyl (C=O) groups is 1. The first-order valence-electron chi connectivity index (χ1n) is 8.54. The number of hydrogen-bond donors (Lipinski definition) is 4. The quantitative estimate of drug-likeness (QED) is 0.626. The molecule has 0 fully saturated rings. The van der Waals surface area contributed by atoms with Crippen LogP contribution >= 0.6 is 0 Å². The number of carbonyl (C=O) groups excluding carboxylic acids is 1. The minimum Gasteiger partial charge on any atom is -0.508 e. The highest BCUT2D eigenvalue weighted by molar-refractivity contribution is 6.01. The topological polar surface area (TPSA) is 107 Å². The maximum absolute atomic E-state index is 12.4. The van der Waals surface area contributed by atoms with Crippen molar-refractivity contribution in [1.82, 2.24) is 0 Å². The minimum atomic E-state index is -0.891. The molecule has 1 unspecified atom stereocenters. The van der Waals surface area contributed by atoms with Gasteiger partial charge in [-0.15, -0.1) is 0 Å². The van der Waals surface area contributed by atoms with Crippen molar-refractivity contribution >= 4 is 5.78 Å². The summed E-state index contributed by atoms with van der Waals surface area (Å²) in [5.41, 5.74) is 0.759. The van der Waals surface area contributed by atoms with E-state index in [1.54, 1.807) is 24.3 Å². The Kier molecular flexibility index (Phi) is 4.78. The second-order valence-electron chi connectivity index (χ2n) is 6.78. The van der Waals surface area contributed by atoms with Gasteiger partial charge in [0.25, 0.3) is 0 Å². The van der Waals surface area contributed by atoms with Gasteiger partial charge >= 0.3 is 0 Å². The number of rotatable bonds is 4. The van der Waals surface area contributed by atoms with Gasteiger partial charge in [-0.1, -0.05) is 12.1 Å². The average molecular weight is 358 g/mol. The number of Topliss-reactive ketones (excluding diaryl/α,β-unsaturated/α-hetero) is 1. The van der Waals surface area contributed by atoms with E-state index in [0.29, 0.717) is 23.3 Å². The van der Waals surface area contributed by atoms with Gasteiger partial charge in [0.05, 0.1) is 12.2 Å². The highest BCUT2D eigenvalue weighted by Crippen LogP contribution is 2.48. The molecule has 6 nitrogen and oxygen atoms in total. The van der Waals surface area contributed by atoms with E-state index in [1.165, 1.54) is 13.0 Å². The Bertz CT molecular complexity index is 842. The van der Waals surface area contributed by atoms with E-state index >= 15 is 0 Å². The lowest BCUT2D eigenvalue weighted by Crippen LogP contribution is -2.23. The van der Waals surface area contributed by atoms with Gasteiger partial charge in [-0.2, -0.15) is 0 Å². The molecule has 0 saturated carbocycles. The van der Waals surface area contributed by atoms with Crippen molar-refractivity contribution in [2.24, 2.45) is 0 Å². The smallest absolute Gasteiger partial charge is 0.172 e. The SMILES string of the molecule is CC(O)CC(=O)c1c(O)ccc([C@H]2C[C@H](C)Oc3cccc(O)c32)c1O.